The summed E-state index contributed by atoms with van der Waals surface area (Å²) in [6.07, 6.45) is 0. The lowest BCUT2D eigenvalue weighted by Crippen LogP contribution is -2.35. The van der Waals surface area contributed by atoms with Crippen molar-refractivity contribution in [2.24, 2.45) is 0 Å². The highest BCUT2D eigenvalue weighted by molar-refractivity contribution is 8.23. The maximum atomic E-state index is 11.7. The minimum absolute atomic E-state index is 0.623. The summed E-state index contributed by atoms with van der Waals surface area (Å²) in [4.78, 5) is 0. The largest absolute Gasteiger partial charge is 0.509 e. The first-order chi connectivity index (χ1) is 4.67. The van der Waals surface area contributed by atoms with Gasteiger partial charge in [-0.25, -0.2) is 4.72 Å². The molecule has 0 radical (unpaired) electrons. The minimum Gasteiger partial charge on any atom is -0.279 e. The summed E-state index contributed by atoms with van der Waals surface area (Å²) in [7, 11) is -4.65. The van der Waals surface area contributed by atoms with Crippen LogP contribution < -0.4 is 4.72 Å². The van der Waals surface area contributed by atoms with Gasteiger partial charge in [0.1, 0.15) is 0 Å². The topological polar surface area (TPSA) is 52.5 Å². The van der Waals surface area contributed by atoms with Crippen molar-refractivity contribution in [1.29, 1.82) is 0 Å². The molecule has 0 aromatic carbocycles. The van der Waals surface area contributed by atoms with E-state index in [1.165, 1.54) is 13.8 Å². The number of hydrogen-bond donors (Lipinski definition) is 3. The standard InChI is InChI=1S/C4H10F3NO2S/c1-3(2)8-11(9,10)4(5,6)7/h3,8-10H,1-2H3. The molecule has 0 spiro atoms. The van der Waals surface area contributed by atoms with Gasteiger partial charge < -0.3 is 0 Å². The molecule has 0 heterocycles. The summed E-state index contributed by atoms with van der Waals surface area (Å²) in [5.41, 5.74) is -4.99. The molecule has 0 aliphatic rings. The molecular weight excluding hydrogens is 183 g/mol. The van der Waals surface area contributed by atoms with Crippen LogP contribution in [0.25, 0.3) is 0 Å². The molecular formula is C4H10F3NO2S. The van der Waals surface area contributed by atoms with Gasteiger partial charge in [0.25, 0.3) is 0 Å². The van der Waals surface area contributed by atoms with E-state index in [0.717, 1.165) is 0 Å². The summed E-state index contributed by atoms with van der Waals surface area (Å²) >= 11 is 0. The van der Waals surface area contributed by atoms with Crippen molar-refractivity contribution in [3.8, 4) is 0 Å². The average molecular weight is 193 g/mol. The molecule has 3 N–H and O–H groups in total. The lowest BCUT2D eigenvalue weighted by Gasteiger charge is -2.35. The zero-order valence-electron chi connectivity index (χ0n) is 6.01. The zero-order chi connectivity index (χ0) is 9.28. The SMILES string of the molecule is CC(C)NS(O)(O)C(F)(F)F. The van der Waals surface area contributed by atoms with Crippen LogP contribution in [-0.2, 0) is 0 Å². The fourth-order valence-corrected chi connectivity index (χ4v) is 1.19. The summed E-state index contributed by atoms with van der Waals surface area (Å²) in [5.74, 6) is 0. The van der Waals surface area contributed by atoms with Crippen LogP contribution in [-0.4, -0.2) is 20.7 Å². The van der Waals surface area contributed by atoms with Crippen molar-refractivity contribution in [2.45, 2.75) is 25.4 Å². The van der Waals surface area contributed by atoms with Crippen molar-refractivity contribution in [1.82, 2.24) is 4.72 Å². The van der Waals surface area contributed by atoms with E-state index in [-0.39, 0.29) is 0 Å². The van der Waals surface area contributed by atoms with Gasteiger partial charge in [-0.05, 0) is 24.6 Å². The third kappa shape index (κ3) is 3.28. The number of rotatable bonds is 2. The van der Waals surface area contributed by atoms with E-state index in [1.807, 2.05) is 0 Å². The van der Waals surface area contributed by atoms with E-state index in [1.54, 1.807) is 4.72 Å². The highest BCUT2D eigenvalue weighted by Crippen LogP contribution is 2.52. The second-order valence-corrected chi connectivity index (χ2v) is 4.06. The van der Waals surface area contributed by atoms with Crippen LogP contribution in [0.3, 0.4) is 0 Å². The normalized spacial score (nSPS) is 15.6. The molecule has 0 unspecified atom stereocenters. The average Bonchev–Trinajstić information content (AvgIpc) is 1.56. The van der Waals surface area contributed by atoms with Crippen molar-refractivity contribution in [3.05, 3.63) is 0 Å². The van der Waals surface area contributed by atoms with E-state index < -0.39 is 22.3 Å². The summed E-state index contributed by atoms with van der Waals surface area (Å²) in [5, 5.41) is 0. The predicted octanol–water partition coefficient (Wildman–Crippen LogP) is 2.17. The van der Waals surface area contributed by atoms with Gasteiger partial charge in [-0.15, -0.1) is 0 Å². The van der Waals surface area contributed by atoms with Crippen LogP contribution in [0.4, 0.5) is 13.2 Å². The Kier molecular flexibility index (Phi) is 3.18. The van der Waals surface area contributed by atoms with Crippen LogP contribution in [0.15, 0.2) is 0 Å². The quantitative estimate of drug-likeness (QED) is 0.630. The Labute approximate surface area is 64.1 Å². The van der Waals surface area contributed by atoms with E-state index in [2.05, 4.69) is 0 Å². The van der Waals surface area contributed by atoms with E-state index in [4.69, 9.17) is 9.11 Å². The Balaban J connectivity index is 4.22. The van der Waals surface area contributed by atoms with E-state index in [9.17, 15) is 13.2 Å². The smallest absolute Gasteiger partial charge is 0.279 e. The Morgan fingerprint density at radius 2 is 1.64 bits per heavy atom. The first-order valence-corrected chi connectivity index (χ1v) is 4.33. The molecule has 0 saturated carbocycles. The number of alkyl halides is 3. The van der Waals surface area contributed by atoms with Crippen LogP contribution >= 0.6 is 10.8 Å². The molecule has 0 saturated heterocycles. The Morgan fingerprint density at radius 3 is 1.73 bits per heavy atom. The van der Waals surface area contributed by atoms with Gasteiger partial charge in [-0.2, -0.15) is 13.2 Å². The first kappa shape index (κ1) is 11.0. The van der Waals surface area contributed by atoms with Crippen LogP contribution in [0.1, 0.15) is 13.8 Å². The fourth-order valence-electron chi connectivity index (χ4n) is 0.395. The van der Waals surface area contributed by atoms with Gasteiger partial charge in [0.2, 0.25) is 0 Å². The molecule has 0 bridgehead atoms. The molecule has 0 aliphatic carbocycles. The van der Waals surface area contributed by atoms with Crippen LogP contribution in [0.5, 0.6) is 0 Å². The Bertz CT molecular complexity index is 136. The highest BCUT2D eigenvalue weighted by atomic mass is 32.3. The molecule has 0 aromatic heterocycles. The zero-order valence-corrected chi connectivity index (χ0v) is 6.83. The van der Waals surface area contributed by atoms with E-state index in [0.29, 0.717) is 0 Å². The van der Waals surface area contributed by atoms with Gasteiger partial charge in [0.05, 0.1) is 0 Å². The minimum atomic E-state index is -4.99. The van der Waals surface area contributed by atoms with Gasteiger partial charge in [0, 0.05) is 6.04 Å². The van der Waals surface area contributed by atoms with Crippen LogP contribution in [0.2, 0.25) is 0 Å². The van der Waals surface area contributed by atoms with Crippen molar-refractivity contribution in [3.63, 3.8) is 0 Å². The summed E-state index contributed by atoms with van der Waals surface area (Å²) in [6.45, 7) is 2.78. The molecule has 0 fully saturated rings. The second-order valence-electron chi connectivity index (χ2n) is 2.27. The molecule has 0 atom stereocenters. The fraction of sp³-hybridized carbons (Fsp3) is 1.00. The molecule has 0 aliphatic heterocycles. The lowest BCUT2D eigenvalue weighted by molar-refractivity contribution is -0.0545. The number of hydrogen-bond acceptors (Lipinski definition) is 3. The highest BCUT2D eigenvalue weighted by Gasteiger charge is 2.45. The predicted molar refractivity (Wildman–Crippen MR) is 37.2 cm³/mol. The van der Waals surface area contributed by atoms with Gasteiger partial charge in [-0.3, -0.25) is 9.11 Å². The molecule has 0 amide bonds. The Hall–Kier alpha value is 0.0200. The van der Waals surface area contributed by atoms with Gasteiger partial charge >= 0.3 is 5.51 Å². The van der Waals surface area contributed by atoms with Gasteiger partial charge in [-0.1, -0.05) is 0 Å². The monoisotopic (exact) mass is 193 g/mol. The maximum absolute atomic E-state index is 11.7. The lowest BCUT2D eigenvalue weighted by atomic mass is 10.4. The third-order valence-corrected chi connectivity index (χ3v) is 2.17. The first-order valence-electron chi connectivity index (χ1n) is 2.78. The maximum Gasteiger partial charge on any atom is 0.509 e. The van der Waals surface area contributed by atoms with Crippen LogP contribution in [0, 0.1) is 0 Å². The Morgan fingerprint density at radius 1 is 1.27 bits per heavy atom. The third-order valence-electron chi connectivity index (χ3n) is 0.723. The molecule has 11 heavy (non-hydrogen) atoms. The van der Waals surface area contributed by atoms with E-state index >= 15 is 0 Å². The molecule has 7 heteroatoms. The molecule has 0 aromatic rings. The van der Waals surface area contributed by atoms with Crippen molar-refractivity contribution < 1.29 is 22.3 Å². The van der Waals surface area contributed by atoms with Crippen molar-refractivity contribution in [2.75, 3.05) is 0 Å². The molecule has 0 rings (SSSR count). The summed E-state index contributed by atoms with van der Waals surface area (Å²) in [6, 6.07) is -0.623. The van der Waals surface area contributed by atoms with Gasteiger partial charge in [0.15, 0.2) is 0 Å². The molecule has 3 nitrogen and oxygen atoms in total. The number of halogens is 3. The van der Waals surface area contributed by atoms with Crippen molar-refractivity contribution >= 4 is 10.8 Å². The molecule has 70 valence electrons. The summed E-state index contributed by atoms with van der Waals surface area (Å²) < 4.78 is 53.5. The number of nitrogens with one attached hydrogen (secondary N) is 1. The second kappa shape index (κ2) is 3.18.